The summed E-state index contributed by atoms with van der Waals surface area (Å²) >= 11 is 0. The van der Waals surface area contributed by atoms with E-state index in [4.69, 9.17) is 9.47 Å². The van der Waals surface area contributed by atoms with Gasteiger partial charge in [-0.25, -0.2) is 0 Å². The number of amides is 2. The van der Waals surface area contributed by atoms with Gasteiger partial charge in [-0.3, -0.25) is 9.59 Å². The number of methoxy groups -OCH3 is 1. The Morgan fingerprint density at radius 2 is 2.00 bits per heavy atom. The lowest BCUT2D eigenvalue weighted by atomic mass is 9.78. The zero-order chi connectivity index (χ0) is 19.6. The van der Waals surface area contributed by atoms with Gasteiger partial charge in [0.1, 0.15) is 11.4 Å². The molecule has 3 aliphatic rings. The van der Waals surface area contributed by atoms with Crippen LogP contribution in [0.25, 0.3) is 0 Å². The molecule has 0 radical (unpaired) electrons. The second kappa shape index (κ2) is 8.11. The van der Waals surface area contributed by atoms with Crippen LogP contribution >= 0.6 is 0 Å². The molecule has 28 heavy (non-hydrogen) atoms. The zero-order valence-corrected chi connectivity index (χ0v) is 16.7. The van der Waals surface area contributed by atoms with E-state index in [0.717, 1.165) is 44.4 Å². The van der Waals surface area contributed by atoms with Gasteiger partial charge in [-0.2, -0.15) is 0 Å². The van der Waals surface area contributed by atoms with Gasteiger partial charge in [0.05, 0.1) is 13.7 Å². The highest BCUT2D eigenvalue weighted by molar-refractivity contribution is 5.79. The number of rotatable bonds is 4. The van der Waals surface area contributed by atoms with Gasteiger partial charge in [-0.05, 0) is 43.7 Å². The molecule has 6 nitrogen and oxygen atoms in total. The molecule has 0 N–H and O–H groups in total. The predicted octanol–water partition coefficient (Wildman–Crippen LogP) is 2.49. The number of likely N-dealkylation sites (tertiary alicyclic amines) is 2. The van der Waals surface area contributed by atoms with Crippen LogP contribution in [0.4, 0.5) is 0 Å². The summed E-state index contributed by atoms with van der Waals surface area (Å²) in [6.07, 6.45) is 5.54. The number of ether oxygens (including phenoxy) is 2. The molecule has 0 atom stereocenters. The first-order valence-electron chi connectivity index (χ1n) is 10.5. The van der Waals surface area contributed by atoms with Gasteiger partial charge in [0.2, 0.25) is 11.8 Å². The predicted molar refractivity (Wildman–Crippen MR) is 105 cm³/mol. The number of benzene rings is 1. The Labute approximate surface area is 166 Å². The number of hydrogen-bond donors (Lipinski definition) is 0. The third kappa shape index (κ3) is 3.62. The van der Waals surface area contributed by atoms with Crippen LogP contribution in [-0.2, 0) is 26.3 Å². The summed E-state index contributed by atoms with van der Waals surface area (Å²) in [5.74, 6) is 1.22. The Kier molecular flexibility index (Phi) is 5.58. The Morgan fingerprint density at radius 3 is 2.75 bits per heavy atom. The number of hydrogen-bond acceptors (Lipinski definition) is 4. The lowest BCUT2D eigenvalue weighted by Crippen LogP contribution is -2.49. The third-order valence-corrected chi connectivity index (χ3v) is 6.48. The molecule has 2 amide bonds. The van der Waals surface area contributed by atoms with Crippen molar-refractivity contribution in [3.05, 3.63) is 29.3 Å². The van der Waals surface area contributed by atoms with Crippen LogP contribution in [0, 0.1) is 0 Å². The van der Waals surface area contributed by atoms with Crippen molar-refractivity contribution in [2.75, 3.05) is 39.9 Å². The molecule has 2 saturated heterocycles. The first-order valence-corrected chi connectivity index (χ1v) is 10.5. The number of carbonyl (C=O) groups is 2. The second-order valence-corrected chi connectivity index (χ2v) is 8.06. The van der Waals surface area contributed by atoms with Crippen LogP contribution < -0.4 is 4.74 Å². The summed E-state index contributed by atoms with van der Waals surface area (Å²) in [6, 6.07) is 6.20. The molecule has 152 valence electrons. The normalized spacial score (nSPS) is 21.5. The smallest absolute Gasteiger partial charge is 0.224 e. The molecular formula is C22H30N2O4. The monoisotopic (exact) mass is 386 g/mol. The Bertz CT molecular complexity index is 726. The molecule has 1 aromatic carbocycles. The number of nitrogens with zero attached hydrogens (tertiary/aromatic N) is 2. The topological polar surface area (TPSA) is 59.1 Å². The molecule has 1 aromatic rings. The van der Waals surface area contributed by atoms with Crippen molar-refractivity contribution in [2.45, 2.75) is 50.5 Å². The second-order valence-electron chi connectivity index (χ2n) is 8.06. The Balaban J connectivity index is 1.39. The fraction of sp³-hybridized carbons (Fsp3) is 0.636. The van der Waals surface area contributed by atoms with Crippen LogP contribution in [0.3, 0.4) is 0 Å². The van der Waals surface area contributed by atoms with E-state index in [-0.39, 0.29) is 17.4 Å². The van der Waals surface area contributed by atoms with E-state index in [9.17, 15) is 9.59 Å². The molecule has 4 rings (SSSR count). The van der Waals surface area contributed by atoms with Crippen molar-refractivity contribution in [2.24, 2.45) is 0 Å². The summed E-state index contributed by atoms with van der Waals surface area (Å²) in [6.45, 7) is 3.42. The van der Waals surface area contributed by atoms with Crippen LogP contribution in [0.5, 0.6) is 5.75 Å². The minimum absolute atomic E-state index is 0.143. The van der Waals surface area contributed by atoms with Crippen molar-refractivity contribution in [1.82, 2.24) is 9.80 Å². The summed E-state index contributed by atoms with van der Waals surface area (Å²) in [5, 5.41) is 0. The van der Waals surface area contributed by atoms with E-state index in [1.54, 1.807) is 7.11 Å². The number of carbonyl (C=O) groups excluding carboxylic acids is 2. The van der Waals surface area contributed by atoms with E-state index in [1.807, 2.05) is 21.9 Å². The lowest BCUT2D eigenvalue weighted by molar-refractivity contribution is -0.142. The first kappa shape index (κ1) is 19.2. The minimum Gasteiger partial charge on any atom is -0.496 e. The molecule has 1 spiro atoms. The first-order chi connectivity index (χ1) is 13.6. The summed E-state index contributed by atoms with van der Waals surface area (Å²) in [7, 11) is 1.71. The maximum atomic E-state index is 12.7. The van der Waals surface area contributed by atoms with Gasteiger partial charge in [0.25, 0.3) is 0 Å². The molecular weight excluding hydrogens is 356 g/mol. The highest BCUT2D eigenvalue weighted by Crippen LogP contribution is 2.45. The standard InChI is InChI=1S/C22H30N2O4/c1-27-18-6-4-5-17-9-16-28-22(21(17)18)10-14-24(15-11-22)20(26)8-13-23-12-3-2-7-19(23)25/h4-6H,2-3,7-16H2,1H3. The average molecular weight is 386 g/mol. The highest BCUT2D eigenvalue weighted by Gasteiger charge is 2.43. The van der Waals surface area contributed by atoms with Crippen molar-refractivity contribution in [1.29, 1.82) is 0 Å². The van der Waals surface area contributed by atoms with Crippen LogP contribution in [0.1, 0.15) is 49.7 Å². The van der Waals surface area contributed by atoms with E-state index in [0.29, 0.717) is 39.1 Å². The van der Waals surface area contributed by atoms with Gasteiger partial charge >= 0.3 is 0 Å². The van der Waals surface area contributed by atoms with E-state index >= 15 is 0 Å². The van der Waals surface area contributed by atoms with Crippen LogP contribution in [0.2, 0.25) is 0 Å². The fourth-order valence-corrected chi connectivity index (χ4v) is 4.90. The molecule has 2 fully saturated rings. The van der Waals surface area contributed by atoms with Gasteiger partial charge in [-0.15, -0.1) is 0 Å². The quantitative estimate of drug-likeness (QED) is 0.798. The van der Waals surface area contributed by atoms with Crippen LogP contribution in [-0.4, -0.2) is 61.5 Å². The van der Waals surface area contributed by atoms with Gasteiger partial charge in [-0.1, -0.05) is 12.1 Å². The van der Waals surface area contributed by atoms with Gasteiger partial charge in [0, 0.05) is 44.6 Å². The molecule has 6 heteroatoms. The summed E-state index contributed by atoms with van der Waals surface area (Å²) < 4.78 is 11.9. The lowest BCUT2D eigenvalue weighted by Gasteiger charge is -2.45. The van der Waals surface area contributed by atoms with Crippen molar-refractivity contribution in [3.8, 4) is 5.75 Å². The molecule has 0 saturated carbocycles. The van der Waals surface area contributed by atoms with E-state index < -0.39 is 0 Å². The van der Waals surface area contributed by atoms with E-state index in [2.05, 4.69) is 6.07 Å². The number of fused-ring (bicyclic) bond motifs is 2. The summed E-state index contributed by atoms with van der Waals surface area (Å²) in [5.41, 5.74) is 2.13. The molecule has 0 unspecified atom stereocenters. The minimum atomic E-state index is -0.347. The average Bonchev–Trinajstić information content (AvgIpc) is 2.73. The van der Waals surface area contributed by atoms with Crippen molar-refractivity contribution >= 4 is 11.8 Å². The maximum absolute atomic E-state index is 12.7. The molecule has 3 heterocycles. The Morgan fingerprint density at radius 1 is 1.18 bits per heavy atom. The number of piperidine rings is 2. The van der Waals surface area contributed by atoms with Gasteiger partial charge in [0.15, 0.2) is 0 Å². The maximum Gasteiger partial charge on any atom is 0.224 e. The molecule has 0 aliphatic carbocycles. The van der Waals surface area contributed by atoms with Crippen molar-refractivity contribution in [3.63, 3.8) is 0 Å². The van der Waals surface area contributed by atoms with Crippen LogP contribution in [0.15, 0.2) is 18.2 Å². The van der Waals surface area contributed by atoms with E-state index in [1.165, 1.54) is 11.1 Å². The molecule has 0 aromatic heterocycles. The highest BCUT2D eigenvalue weighted by atomic mass is 16.5. The Hall–Kier alpha value is -2.08. The molecule has 0 bridgehead atoms. The zero-order valence-electron chi connectivity index (χ0n) is 16.7. The van der Waals surface area contributed by atoms with Gasteiger partial charge < -0.3 is 19.3 Å². The third-order valence-electron chi connectivity index (χ3n) is 6.48. The SMILES string of the molecule is COc1cccc2c1C1(CCN(C(=O)CCN3CCCCC3=O)CC1)OCC2. The summed E-state index contributed by atoms with van der Waals surface area (Å²) in [4.78, 5) is 28.4. The molecule has 3 aliphatic heterocycles. The fourth-order valence-electron chi connectivity index (χ4n) is 4.90. The largest absolute Gasteiger partial charge is 0.496 e. The van der Waals surface area contributed by atoms with Crippen molar-refractivity contribution < 1.29 is 19.1 Å².